The predicted octanol–water partition coefficient (Wildman–Crippen LogP) is 2.93. The second kappa shape index (κ2) is 6.55. The highest BCUT2D eigenvalue weighted by molar-refractivity contribution is 6.31. The SMILES string of the molecule is CCCNC(c1c(Cl)cnn1C)C(C)(CC)OC. The molecule has 0 aliphatic heterocycles. The molecule has 2 atom stereocenters. The van der Waals surface area contributed by atoms with E-state index in [1.807, 2.05) is 11.7 Å². The van der Waals surface area contributed by atoms with Gasteiger partial charge in [0.1, 0.15) is 0 Å². The van der Waals surface area contributed by atoms with Gasteiger partial charge >= 0.3 is 0 Å². The van der Waals surface area contributed by atoms with E-state index >= 15 is 0 Å². The minimum Gasteiger partial charge on any atom is -0.376 e. The second-order valence-corrected chi connectivity index (χ2v) is 5.17. The van der Waals surface area contributed by atoms with Crippen LogP contribution in [-0.2, 0) is 11.8 Å². The number of nitrogens with one attached hydrogen (secondary N) is 1. The van der Waals surface area contributed by atoms with Gasteiger partial charge in [-0.25, -0.2) is 0 Å². The molecular formula is C13H24ClN3O. The van der Waals surface area contributed by atoms with E-state index in [0.29, 0.717) is 5.02 Å². The third-order valence-electron chi connectivity index (χ3n) is 3.59. The van der Waals surface area contributed by atoms with Gasteiger partial charge in [0.15, 0.2) is 0 Å². The first-order valence-electron chi connectivity index (χ1n) is 6.46. The van der Waals surface area contributed by atoms with Crippen LogP contribution in [0.5, 0.6) is 0 Å². The van der Waals surface area contributed by atoms with Crippen LogP contribution in [0.1, 0.15) is 45.3 Å². The van der Waals surface area contributed by atoms with Crippen molar-refractivity contribution in [1.29, 1.82) is 0 Å². The molecule has 0 amide bonds. The number of hydrogen-bond acceptors (Lipinski definition) is 3. The highest BCUT2D eigenvalue weighted by Gasteiger charge is 2.36. The number of nitrogens with zero attached hydrogens (tertiary/aromatic N) is 2. The topological polar surface area (TPSA) is 39.1 Å². The molecule has 1 heterocycles. The molecule has 18 heavy (non-hydrogen) atoms. The van der Waals surface area contributed by atoms with Crippen LogP contribution in [0.25, 0.3) is 0 Å². The summed E-state index contributed by atoms with van der Waals surface area (Å²) in [5, 5.41) is 8.43. The molecule has 0 aliphatic carbocycles. The van der Waals surface area contributed by atoms with Crippen molar-refractivity contribution in [2.75, 3.05) is 13.7 Å². The van der Waals surface area contributed by atoms with Crippen LogP contribution in [0.2, 0.25) is 5.02 Å². The Balaban J connectivity index is 3.12. The smallest absolute Gasteiger partial charge is 0.0857 e. The maximum atomic E-state index is 6.26. The van der Waals surface area contributed by atoms with E-state index in [1.54, 1.807) is 13.3 Å². The molecule has 0 radical (unpaired) electrons. The Morgan fingerprint density at radius 1 is 1.56 bits per heavy atom. The molecule has 0 aliphatic rings. The van der Waals surface area contributed by atoms with Gasteiger partial charge in [0, 0.05) is 14.2 Å². The van der Waals surface area contributed by atoms with Gasteiger partial charge in [-0.15, -0.1) is 0 Å². The number of aromatic nitrogens is 2. The average Bonchev–Trinajstić information content (AvgIpc) is 2.70. The summed E-state index contributed by atoms with van der Waals surface area (Å²) in [4.78, 5) is 0. The maximum absolute atomic E-state index is 6.26. The fourth-order valence-electron chi connectivity index (χ4n) is 2.10. The minimum atomic E-state index is -0.299. The Labute approximate surface area is 115 Å². The van der Waals surface area contributed by atoms with Gasteiger partial charge in [-0.1, -0.05) is 25.4 Å². The highest BCUT2D eigenvalue weighted by Crippen LogP contribution is 2.34. The lowest BCUT2D eigenvalue weighted by Gasteiger charge is -2.36. The van der Waals surface area contributed by atoms with Crippen LogP contribution >= 0.6 is 11.6 Å². The number of ether oxygens (including phenoxy) is 1. The van der Waals surface area contributed by atoms with Gasteiger partial charge in [-0.2, -0.15) is 5.10 Å². The molecule has 1 aromatic heterocycles. The summed E-state index contributed by atoms with van der Waals surface area (Å²) in [7, 11) is 3.65. The predicted molar refractivity (Wildman–Crippen MR) is 75.0 cm³/mol. The van der Waals surface area contributed by atoms with Crippen molar-refractivity contribution in [3.8, 4) is 0 Å². The second-order valence-electron chi connectivity index (χ2n) is 4.76. The van der Waals surface area contributed by atoms with Crippen LogP contribution in [0.15, 0.2) is 6.20 Å². The lowest BCUT2D eigenvalue weighted by Crippen LogP contribution is -2.44. The largest absolute Gasteiger partial charge is 0.376 e. The Kier molecular flexibility index (Phi) is 5.63. The van der Waals surface area contributed by atoms with E-state index in [1.165, 1.54) is 0 Å². The summed E-state index contributed by atoms with van der Waals surface area (Å²) >= 11 is 6.26. The zero-order chi connectivity index (χ0) is 13.8. The van der Waals surface area contributed by atoms with Crippen molar-refractivity contribution in [3.05, 3.63) is 16.9 Å². The van der Waals surface area contributed by atoms with Crippen molar-refractivity contribution in [2.45, 2.75) is 45.3 Å². The molecule has 1 N–H and O–H groups in total. The summed E-state index contributed by atoms with van der Waals surface area (Å²) < 4.78 is 7.54. The minimum absolute atomic E-state index is 0.0347. The number of hydrogen-bond donors (Lipinski definition) is 1. The van der Waals surface area contributed by atoms with E-state index in [2.05, 4.69) is 31.2 Å². The molecular weight excluding hydrogens is 250 g/mol. The zero-order valence-corrected chi connectivity index (χ0v) is 12.7. The molecule has 1 aromatic rings. The summed E-state index contributed by atoms with van der Waals surface area (Å²) in [6.45, 7) is 7.29. The average molecular weight is 274 g/mol. The molecule has 0 bridgehead atoms. The summed E-state index contributed by atoms with van der Waals surface area (Å²) in [6, 6.07) is 0.0347. The van der Waals surface area contributed by atoms with Crippen LogP contribution in [0, 0.1) is 0 Å². The molecule has 4 nitrogen and oxygen atoms in total. The third kappa shape index (κ3) is 3.05. The quantitative estimate of drug-likeness (QED) is 0.830. The highest BCUT2D eigenvalue weighted by atomic mass is 35.5. The first kappa shape index (κ1) is 15.5. The first-order chi connectivity index (χ1) is 8.50. The maximum Gasteiger partial charge on any atom is 0.0857 e. The van der Waals surface area contributed by atoms with Crippen LogP contribution in [0.3, 0.4) is 0 Å². The third-order valence-corrected chi connectivity index (χ3v) is 3.88. The van der Waals surface area contributed by atoms with E-state index in [-0.39, 0.29) is 11.6 Å². The van der Waals surface area contributed by atoms with Gasteiger partial charge in [0.05, 0.1) is 28.6 Å². The number of aryl methyl sites for hydroxylation is 1. The van der Waals surface area contributed by atoms with Crippen molar-refractivity contribution < 1.29 is 4.74 Å². The number of rotatable bonds is 7. The Morgan fingerprint density at radius 3 is 2.61 bits per heavy atom. The van der Waals surface area contributed by atoms with Crippen molar-refractivity contribution in [2.24, 2.45) is 7.05 Å². The van der Waals surface area contributed by atoms with Gasteiger partial charge in [0.2, 0.25) is 0 Å². The van der Waals surface area contributed by atoms with E-state index < -0.39 is 0 Å². The molecule has 104 valence electrons. The monoisotopic (exact) mass is 273 g/mol. The molecule has 0 fully saturated rings. The molecule has 0 aromatic carbocycles. The number of methoxy groups -OCH3 is 1. The fraction of sp³-hybridized carbons (Fsp3) is 0.769. The molecule has 0 saturated heterocycles. The Morgan fingerprint density at radius 2 is 2.22 bits per heavy atom. The Bertz CT molecular complexity index is 355. The fourth-order valence-corrected chi connectivity index (χ4v) is 2.38. The van der Waals surface area contributed by atoms with E-state index in [0.717, 1.165) is 25.1 Å². The van der Waals surface area contributed by atoms with Gasteiger partial charge < -0.3 is 10.1 Å². The van der Waals surface area contributed by atoms with Gasteiger partial charge in [0.25, 0.3) is 0 Å². The molecule has 2 unspecified atom stereocenters. The Hall–Kier alpha value is -0.580. The molecule has 0 spiro atoms. The van der Waals surface area contributed by atoms with Crippen molar-refractivity contribution in [3.63, 3.8) is 0 Å². The summed E-state index contributed by atoms with van der Waals surface area (Å²) in [6.07, 6.45) is 3.64. The molecule has 0 saturated carbocycles. The van der Waals surface area contributed by atoms with Crippen molar-refractivity contribution in [1.82, 2.24) is 15.1 Å². The molecule has 1 rings (SSSR count). The van der Waals surface area contributed by atoms with Gasteiger partial charge in [-0.05, 0) is 26.3 Å². The number of halogens is 1. The lowest BCUT2D eigenvalue weighted by atomic mass is 9.90. The summed E-state index contributed by atoms with van der Waals surface area (Å²) in [5.41, 5.74) is 0.684. The lowest BCUT2D eigenvalue weighted by molar-refractivity contribution is -0.0319. The van der Waals surface area contributed by atoms with Crippen LogP contribution < -0.4 is 5.32 Å². The normalized spacial score (nSPS) is 16.6. The standard InChI is InChI=1S/C13H24ClN3O/c1-6-8-15-12(13(3,7-2)18-5)11-10(14)9-16-17(11)4/h9,12,15H,6-8H2,1-5H3. The zero-order valence-electron chi connectivity index (χ0n) is 12.0. The van der Waals surface area contributed by atoms with Gasteiger partial charge in [-0.3, -0.25) is 4.68 Å². The van der Waals surface area contributed by atoms with Crippen LogP contribution in [0.4, 0.5) is 0 Å². The van der Waals surface area contributed by atoms with E-state index in [9.17, 15) is 0 Å². The first-order valence-corrected chi connectivity index (χ1v) is 6.83. The summed E-state index contributed by atoms with van der Waals surface area (Å²) in [5.74, 6) is 0. The molecule has 5 heteroatoms. The van der Waals surface area contributed by atoms with E-state index in [4.69, 9.17) is 16.3 Å². The van der Waals surface area contributed by atoms with Crippen molar-refractivity contribution >= 4 is 11.6 Å². The van der Waals surface area contributed by atoms with Crippen LogP contribution in [-0.4, -0.2) is 29.0 Å².